The van der Waals surface area contributed by atoms with Crippen molar-refractivity contribution in [1.82, 2.24) is 0 Å². The summed E-state index contributed by atoms with van der Waals surface area (Å²) >= 11 is 0. The Morgan fingerprint density at radius 2 is 1.33 bits per heavy atom. The van der Waals surface area contributed by atoms with Crippen LogP contribution < -0.4 is 0 Å². The first-order valence-electron chi connectivity index (χ1n) is 15.3. The number of carbonyl (C=O) groups excluding carboxylic acids is 3. The van der Waals surface area contributed by atoms with Crippen molar-refractivity contribution in [1.29, 1.82) is 0 Å². The number of aliphatic hydroxyl groups is 1. The lowest BCUT2D eigenvalue weighted by Gasteiger charge is -2.61. The van der Waals surface area contributed by atoms with E-state index in [9.17, 15) is 9.90 Å². The first-order chi connectivity index (χ1) is 19.6. The zero-order valence-electron chi connectivity index (χ0n) is 27.2. The van der Waals surface area contributed by atoms with E-state index in [0.29, 0.717) is 24.8 Å². The van der Waals surface area contributed by atoms with E-state index in [1.807, 2.05) is 45.9 Å². The molecule has 0 radical (unpaired) electrons. The Morgan fingerprint density at radius 1 is 0.786 bits per heavy atom. The molecular formula is C38H50O4. The van der Waals surface area contributed by atoms with Crippen LogP contribution in [0.5, 0.6) is 0 Å². The minimum absolute atomic E-state index is 0.0832. The Kier molecular flexibility index (Phi) is 10.2. The zero-order valence-corrected chi connectivity index (χ0v) is 27.2. The maximum Gasteiger partial charge on any atom is 0.184 e. The standard InChI is InChI=1S/C38H50O4/c1-25(2)14-13-21-36(9)30(18-17-26(3)4)24-37(22-19-27(5)6)33(40)31(32(39)29-15-11-10-12-16-29)34(41)38(36,35(37)42)23-20-28(7)8/h10-12,14-17,19-20,30,39H,13,18,21-24H2,1-9H3/b32-31-/t30-,36+,37?,38?/m0/s1. The van der Waals surface area contributed by atoms with Gasteiger partial charge >= 0.3 is 0 Å². The first kappa shape index (κ1) is 33.2. The fourth-order valence-corrected chi connectivity index (χ4v) is 7.05. The van der Waals surface area contributed by atoms with E-state index in [2.05, 4.69) is 46.8 Å². The van der Waals surface area contributed by atoms with Gasteiger partial charge < -0.3 is 5.11 Å². The third-order valence-electron chi connectivity index (χ3n) is 9.56. The summed E-state index contributed by atoms with van der Waals surface area (Å²) in [4.78, 5) is 44.9. The molecule has 4 atom stereocenters. The monoisotopic (exact) mass is 570 g/mol. The van der Waals surface area contributed by atoms with Gasteiger partial charge in [0.25, 0.3) is 0 Å². The summed E-state index contributed by atoms with van der Waals surface area (Å²) in [7, 11) is 0. The van der Waals surface area contributed by atoms with Crippen LogP contribution in [0, 0.1) is 22.2 Å². The summed E-state index contributed by atoms with van der Waals surface area (Å²) in [6.45, 7) is 18.2. The molecule has 42 heavy (non-hydrogen) atoms. The molecular weight excluding hydrogens is 520 g/mol. The molecule has 0 aliphatic heterocycles. The van der Waals surface area contributed by atoms with E-state index in [0.717, 1.165) is 17.6 Å². The van der Waals surface area contributed by atoms with E-state index in [-0.39, 0.29) is 35.9 Å². The molecule has 2 bridgehead atoms. The molecule has 1 N–H and O–H groups in total. The van der Waals surface area contributed by atoms with Crippen LogP contribution >= 0.6 is 0 Å². The molecule has 0 amide bonds. The van der Waals surface area contributed by atoms with Gasteiger partial charge in [-0.2, -0.15) is 0 Å². The second-order valence-electron chi connectivity index (χ2n) is 13.7. The smallest absolute Gasteiger partial charge is 0.184 e. The molecule has 0 heterocycles. The highest BCUT2D eigenvalue weighted by Gasteiger charge is 2.74. The van der Waals surface area contributed by atoms with E-state index in [4.69, 9.17) is 0 Å². The van der Waals surface area contributed by atoms with Crippen molar-refractivity contribution >= 4 is 23.1 Å². The van der Waals surface area contributed by atoms with Gasteiger partial charge in [-0.05, 0) is 105 Å². The van der Waals surface area contributed by atoms with Gasteiger partial charge in [0.05, 0.1) is 5.41 Å². The third-order valence-corrected chi connectivity index (χ3v) is 9.56. The molecule has 1 aromatic carbocycles. The summed E-state index contributed by atoms with van der Waals surface area (Å²) in [6.07, 6.45) is 11.1. The zero-order chi connectivity index (χ0) is 31.5. The Balaban J connectivity index is 2.49. The molecule has 2 saturated carbocycles. The van der Waals surface area contributed by atoms with Gasteiger partial charge in [0.15, 0.2) is 17.3 Å². The van der Waals surface area contributed by atoms with Crippen molar-refractivity contribution in [2.24, 2.45) is 22.2 Å². The SMILES string of the molecule is CC(C)=CCC[C@]1(C)[C@@H](CC=C(C)C)CC2(CC=C(C)C)C(=O)/C(=C(/O)c3ccccc3)C(=O)C1(CC=C(C)C)C2=O. The van der Waals surface area contributed by atoms with Gasteiger partial charge in [-0.25, -0.2) is 0 Å². The minimum atomic E-state index is -1.49. The fraction of sp³-hybridized carbons (Fsp3) is 0.500. The summed E-state index contributed by atoms with van der Waals surface area (Å²) < 4.78 is 0. The van der Waals surface area contributed by atoms with E-state index in [1.165, 1.54) is 11.1 Å². The van der Waals surface area contributed by atoms with Gasteiger partial charge in [-0.3, -0.25) is 14.4 Å². The molecule has 4 nitrogen and oxygen atoms in total. The summed E-state index contributed by atoms with van der Waals surface area (Å²) in [5.41, 5.74) is 0.908. The number of hydrogen-bond donors (Lipinski definition) is 1. The van der Waals surface area contributed by atoms with E-state index < -0.39 is 27.8 Å². The normalized spacial score (nSPS) is 28.1. The summed E-state index contributed by atoms with van der Waals surface area (Å²) in [5.74, 6) is -1.72. The Bertz CT molecular complexity index is 1370. The maximum absolute atomic E-state index is 15.2. The Morgan fingerprint density at radius 3 is 1.88 bits per heavy atom. The lowest BCUT2D eigenvalue weighted by molar-refractivity contribution is -0.178. The number of carbonyl (C=O) groups is 3. The van der Waals surface area contributed by atoms with Crippen LogP contribution in [0.15, 0.2) is 82.5 Å². The molecule has 2 aliphatic rings. The van der Waals surface area contributed by atoms with Crippen LogP contribution in [-0.2, 0) is 14.4 Å². The highest BCUT2D eigenvalue weighted by atomic mass is 16.3. The summed E-state index contributed by atoms with van der Waals surface area (Å²) in [5, 5.41) is 11.6. The van der Waals surface area contributed by atoms with Crippen molar-refractivity contribution in [3.8, 4) is 0 Å². The number of ketones is 3. The molecule has 2 fully saturated rings. The number of hydrogen-bond acceptors (Lipinski definition) is 4. The number of rotatable bonds is 10. The Labute approximate surface area is 253 Å². The molecule has 0 aromatic heterocycles. The number of allylic oxidation sites excluding steroid dienone is 9. The molecule has 226 valence electrons. The molecule has 3 rings (SSSR count). The molecule has 0 saturated heterocycles. The van der Waals surface area contributed by atoms with Crippen molar-refractivity contribution in [3.63, 3.8) is 0 Å². The number of benzene rings is 1. The Hall–Kier alpha value is -3.27. The number of Topliss-reactive ketones (excluding diaryl/α,β-unsaturated/α-hetero) is 3. The van der Waals surface area contributed by atoms with Gasteiger partial charge in [0.1, 0.15) is 16.7 Å². The van der Waals surface area contributed by atoms with Crippen molar-refractivity contribution < 1.29 is 19.5 Å². The van der Waals surface area contributed by atoms with Gasteiger partial charge in [0, 0.05) is 5.56 Å². The number of aliphatic hydroxyl groups excluding tert-OH is 1. The molecule has 0 spiro atoms. The highest BCUT2D eigenvalue weighted by Crippen LogP contribution is 2.67. The largest absolute Gasteiger partial charge is 0.506 e. The topological polar surface area (TPSA) is 71.4 Å². The third kappa shape index (κ3) is 5.96. The van der Waals surface area contributed by atoms with E-state index in [1.54, 1.807) is 24.3 Å². The molecule has 2 aliphatic carbocycles. The number of fused-ring (bicyclic) bond motifs is 2. The second kappa shape index (κ2) is 12.9. The van der Waals surface area contributed by atoms with Crippen LogP contribution in [-0.4, -0.2) is 22.5 Å². The van der Waals surface area contributed by atoms with Crippen LogP contribution in [0.1, 0.15) is 106 Å². The van der Waals surface area contributed by atoms with Crippen LogP contribution in [0.4, 0.5) is 0 Å². The lowest BCUT2D eigenvalue weighted by Crippen LogP contribution is -2.70. The second-order valence-corrected chi connectivity index (χ2v) is 13.7. The minimum Gasteiger partial charge on any atom is -0.506 e. The van der Waals surface area contributed by atoms with Gasteiger partial charge in [0.2, 0.25) is 0 Å². The first-order valence-corrected chi connectivity index (χ1v) is 15.3. The molecule has 1 aromatic rings. The average Bonchev–Trinajstić information content (AvgIpc) is 2.91. The quantitative estimate of drug-likeness (QED) is 0.1000. The van der Waals surface area contributed by atoms with Crippen molar-refractivity contribution in [2.45, 2.75) is 101 Å². The molecule has 4 heteroatoms. The maximum atomic E-state index is 15.2. The van der Waals surface area contributed by atoms with Crippen LogP contribution in [0.25, 0.3) is 5.76 Å². The van der Waals surface area contributed by atoms with Crippen LogP contribution in [0.3, 0.4) is 0 Å². The lowest BCUT2D eigenvalue weighted by atomic mass is 9.37. The fourth-order valence-electron chi connectivity index (χ4n) is 7.05. The summed E-state index contributed by atoms with van der Waals surface area (Å²) in [6, 6.07) is 8.77. The van der Waals surface area contributed by atoms with Gasteiger partial charge in [-0.1, -0.05) is 83.9 Å². The predicted octanol–water partition coefficient (Wildman–Crippen LogP) is 9.49. The van der Waals surface area contributed by atoms with Crippen molar-refractivity contribution in [2.75, 3.05) is 0 Å². The average molecular weight is 571 g/mol. The highest BCUT2D eigenvalue weighted by molar-refractivity contribution is 6.41. The van der Waals surface area contributed by atoms with Crippen molar-refractivity contribution in [3.05, 3.63) is 88.1 Å². The molecule has 2 unspecified atom stereocenters. The van der Waals surface area contributed by atoms with Crippen LogP contribution in [0.2, 0.25) is 0 Å². The van der Waals surface area contributed by atoms with Gasteiger partial charge in [-0.15, -0.1) is 0 Å². The predicted molar refractivity (Wildman–Crippen MR) is 173 cm³/mol. The van der Waals surface area contributed by atoms with E-state index >= 15 is 9.59 Å².